The maximum absolute atomic E-state index is 9.69. The zero-order chi connectivity index (χ0) is 11.8. The maximum Gasteiger partial charge on any atom is 0.0897 e. The van der Waals surface area contributed by atoms with E-state index < -0.39 is 0 Å². The highest BCUT2D eigenvalue weighted by atomic mass is 16.5. The molecule has 0 heterocycles. The van der Waals surface area contributed by atoms with E-state index in [-0.39, 0.29) is 6.10 Å². The lowest BCUT2D eigenvalue weighted by Gasteiger charge is -2.21. The first-order chi connectivity index (χ1) is 7.68. The van der Waals surface area contributed by atoms with Crippen LogP contribution in [0.1, 0.15) is 33.1 Å². The minimum atomic E-state index is -0.385. The van der Waals surface area contributed by atoms with Crippen LogP contribution in [-0.2, 0) is 4.74 Å². The van der Waals surface area contributed by atoms with Crippen LogP contribution in [0.15, 0.2) is 12.2 Å². The van der Waals surface area contributed by atoms with Crippen LogP contribution in [0.25, 0.3) is 0 Å². The second-order valence-electron chi connectivity index (χ2n) is 4.97. The topological polar surface area (TPSA) is 41.5 Å². The molecule has 2 N–H and O–H groups in total. The van der Waals surface area contributed by atoms with E-state index in [9.17, 15) is 5.11 Å². The third kappa shape index (κ3) is 6.26. The van der Waals surface area contributed by atoms with Gasteiger partial charge in [-0.15, -0.1) is 0 Å². The number of aliphatic hydroxyl groups excluding tert-OH is 1. The number of ether oxygens (including phenoxy) is 1. The first kappa shape index (κ1) is 13.7. The number of aliphatic hydroxyl groups is 1. The van der Waals surface area contributed by atoms with Gasteiger partial charge in [0.25, 0.3) is 0 Å². The van der Waals surface area contributed by atoms with Gasteiger partial charge in [0.1, 0.15) is 0 Å². The first-order valence-electron chi connectivity index (χ1n) is 6.32. The second-order valence-corrected chi connectivity index (χ2v) is 4.97. The molecule has 1 aliphatic rings. The molecule has 0 bridgehead atoms. The first-order valence-corrected chi connectivity index (χ1v) is 6.32. The lowest BCUT2D eigenvalue weighted by atomic mass is 10.0. The fraction of sp³-hybridized carbons (Fsp3) is 0.846. The van der Waals surface area contributed by atoms with Crippen LogP contribution >= 0.6 is 0 Å². The minimum absolute atomic E-state index is 0.385. The van der Waals surface area contributed by atoms with Crippen molar-refractivity contribution in [3.8, 4) is 0 Å². The van der Waals surface area contributed by atoms with E-state index in [4.69, 9.17) is 4.74 Å². The van der Waals surface area contributed by atoms with Crippen molar-refractivity contribution >= 4 is 0 Å². The fourth-order valence-electron chi connectivity index (χ4n) is 1.78. The largest absolute Gasteiger partial charge is 0.389 e. The van der Waals surface area contributed by atoms with E-state index in [1.165, 1.54) is 6.42 Å². The Morgan fingerprint density at radius 1 is 1.38 bits per heavy atom. The van der Waals surface area contributed by atoms with Gasteiger partial charge in [0.2, 0.25) is 0 Å². The lowest BCUT2D eigenvalue weighted by molar-refractivity contribution is 0.0248. The summed E-state index contributed by atoms with van der Waals surface area (Å²) in [5.74, 6) is 0.531. The van der Waals surface area contributed by atoms with Crippen molar-refractivity contribution in [2.45, 2.75) is 45.3 Å². The lowest BCUT2D eigenvalue weighted by Crippen LogP contribution is -2.38. The van der Waals surface area contributed by atoms with Crippen LogP contribution in [0.5, 0.6) is 0 Å². The van der Waals surface area contributed by atoms with Gasteiger partial charge in [-0.25, -0.2) is 0 Å². The van der Waals surface area contributed by atoms with E-state index in [0.29, 0.717) is 25.1 Å². The normalized spacial score (nSPS) is 22.6. The third-order valence-corrected chi connectivity index (χ3v) is 2.67. The summed E-state index contributed by atoms with van der Waals surface area (Å²) in [6.07, 6.45) is 7.46. The summed E-state index contributed by atoms with van der Waals surface area (Å²) < 4.78 is 5.39. The van der Waals surface area contributed by atoms with Gasteiger partial charge in [-0.05, 0) is 25.2 Å². The van der Waals surface area contributed by atoms with Gasteiger partial charge in [0.15, 0.2) is 0 Å². The van der Waals surface area contributed by atoms with E-state index in [1.807, 2.05) is 0 Å². The third-order valence-electron chi connectivity index (χ3n) is 2.67. The average Bonchev–Trinajstić information content (AvgIpc) is 2.27. The molecule has 0 amide bonds. The summed E-state index contributed by atoms with van der Waals surface area (Å²) in [5.41, 5.74) is 0. The minimum Gasteiger partial charge on any atom is -0.389 e. The average molecular weight is 227 g/mol. The fourth-order valence-corrected chi connectivity index (χ4v) is 1.78. The summed E-state index contributed by atoms with van der Waals surface area (Å²) in [6.45, 7) is 6.02. The zero-order valence-electron chi connectivity index (χ0n) is 10.5. The van der Waals surface area contributed by atoms with E-state index in [2.05, 4.69) is 31.3 Å². The van der Waals surface area contributed by atoms with E-state index >= 15 is 0 Å². The van der Waals surface area contributed by atoms with Crippen molar-refractivity contribution < 1.29 is 9.84 Å². The van der Waals surface area contributed by atoms with Crippen molar-refractivity contribution in [1.29, 1.82) is 0 Å². The summed E-state index contributed by atoms with van der Waals surface area (Å²) >= 11 is 0. The van der Waals surface area contributed by atoms with Crippen molar-refractivity contribution in [3.63, 3.8) is 0 Å². The Morgan fingerprint density at radius 3 is 2.81 bits per heavy atom. The molecule has 0 spiro atoms. The Bertz CT molecular complexity index is 204. The molecule has 1 aliphatic carbocycles. The van der Waals surface area contributed by atoms with Gasteiger partial charge in [0, 0.05) is 19.2 Å². The SMILES string of the molecule is CC(C)COCC(O)CNC1CC=CCC1. The van der Waals surface area contributed by atoms with E-state index in [1.54, 1.807) is 0 Å². The Morgan fingerprint density at radius 2 is 2.19 bits per heavy atom. The van der Waals surface area contributed by atoms with Crippen molar-refractivity contribution in [2.75, 3.05) is 19.8 Å². The van der Waals surface area contributed by atoms with Gasteiger partial charge in [-0.2, -0.15) is 0 Å². The van der Waals surface area contributed by atoms with Crippen LogP contribution in [-0.4, -0.2) is 37.0 Å². The molecular formula is C13H25NO2. The number of hydrogen-bond acceptors (Lipinski definition) is 3. The molecule has 2 atom stereocenters. The summed E-state index contributed by atoms with van der Waals surface area (Å²) in [4.78, 5) is 0. The molecule has 0 radical (unpaired) electrons. The summed E-state index contributed by atoms with van der Waals surface area (Å²) in [5, 5.41) is 13.1. The Hall–Kier alpha value is -0.380. The van der Waals surface area contributed by atoms with Crippen molar-refractivity contribution in [1.82, 2.24) is 5.32 Å². The van der Waals surface area contributed by atoms with Gasteiger partial charge < -0.3 is 15.2 Å². The molecule has 0 aromatic heterocycles. The summed E-state index contributed by atoms with van der Waals surface area (Å²) in [7, 11) is 0. The molecule has 0 aromatic rings. The van der Waals surface area contributed by atoms with Gasteiger partial charge in [0.05, 0.1) is 12.7 Å². The van der Waals surface area contributed by atoms with Gasteiger partial charge in [-0.1, -0.05) is 26.0 Å². The molecule has 0 aromatic carbocycles. The number of hydrogen-bond donors (Lipinski definition) is 2. The number of rotatable bonds is 7. The number of nitrogens with one attached hydrogen (secondary N) is 1. The molecular weight excluding hydrogens is 202 g/mol. The summed E-state index contributed by atoms with van der Waals surface area (Å²) in [6, 6.07) is 0.532. The van der Waals surface area contributed by atoms with Crippen LogP contribution < -0.4 is 5.32 Å². The molecule has 0 saturated carbocycles. The quantitative estimate of drug-likeness (QED) is 0.651. The standard InChI is InChI=1S/C13H25NO2/c1-11(2)9-16-10-13(15)8-14-12-6-4-3-5-7-12/h3-4,11-15H,5-10H2,1-2H3. The highest BCUT2D eigenvalue weighted by Crippen LogP contribution is 2.10. The monoisotopic (exact) mass is 227 g/mol. The van der Waals surface area contributed by atoms with Crippen molar-refractivity contribution in [3.05, 3.63) is 12.2 Å². The second kappa shape index (κ2) is 7.82. The van der Waals surface area contributed by atoms with Gasteiger partial charge in [-0.3, -0.25) is 0 Å². The molecule has 0 fully saturated rings. The predicted molar refractivity (Wildman–Crippen MR) is 66.4 cm³/mol. The Labute approximate surface area is 98.9 Å². The molecule has 94 valence electrons. The van der Waals surface area contributed by atoms with Gasteiger partial charge >= 0.3 is 0 Å². The predicted octanol–water partition coefficient (Wildman–Crippen LogP) is 1.72. The molecule has 16 heavy (non-hydrogen) atoms. The molecule has 2 unspecified atom stereocenters. The number of allylic oxidation sites excluding steroid dienone is 1. The Kier molecular flexibility index (Phi) is 6.69. The van der Waals surface area contributed by atoms with Crippen molar-refractivity contribution in [2.24, 2.45) is 5.92 Å². The molecule has 1 rings (SSSR count). The molecule has 3 heteroatoms. The van der Waals surface area contributed by atoms with Crippen LogP contribution in [0, 0.1) is 5.92 Å². The van der Waals surface area contributed by atoms with Crippen LogP contribution in [0.3, 0.4) is 0 Å². The van der Waals surface area contributed by atoms with Crippen LogP contribution in [0.4, 0.5) is 0 Å². The molecule has 0 saturated heterocycles. The highest BCUT2D eigenvalue weighted by Gasteiger charge is 2.11. The van der Waals surface area contributed by atoms with E-state index in [0.717, 1.165) is 19.4 Å². The molecule has 0 aliphatic heterocycles. The highest BCUT2D eigenvalue weighted by molar-refractivity contribution is 4.93. The maximum atomic E-state index is 9.69. The van der Waals surface area contributed by atoms with Crippen LogP contribution in [0.2, 0.25) is 0 Å². The molecule has 3 nitrogen and oxygen atoms in total. The Balaban J connectivity index is 2.01. The smallest absolute Gasteiger partial charge is 0.0897 e. The zero-order valence-corrected chi connectivity index (χ0v) is 10.5.